The van der Waals surface area contributed by atoms with Gasteiger partial charge in [0, 0.05) is 49.3 Å². The fourth-order valence-electron chi connectivity index (χ4n) is 3.33. The minimum absolute atomic E-state index is 0.154. The summed E-state index contributed by atoms with van der Waals surface area (Å²) in [7, 11) is -2.84. The number of sulfone groups is 1. The molecule has 0 N–H and O–H groups in total. The van der Waals surface area contributed by atoms with Gasteiger partial charge >= 0.3 is 0 Å². The van der Waals surface area contributed by atoms with Crippen LogP contribution in [0, 0.1) is 0 Å². The van der Waals surface area contributed by atoms with Crippen LogP contribution in [0.1, 0.15) is 12.8 Å². The van der Waals surface area contributed by atoms with E-state index in [2.05, 4.69) is 17.0 Å². The zero-order valence-corrected chi connectivity index (χ0v) is 15.4. The lowest BCUT2D eigenvalue weighted by molar-refractivity contribution is -0.132. The topological polar surface area (TPSA) is 57.7 Å². The van der Waals surface area contributed by atoms with Gasteiger partial charge in [-0.05, 0) is 18.6 Å². The first kappa shape index (κ1) is 17.8. The summed E-state index contributed by atoms with van der Waals surface area (Å²) in [5, 5.41) is 0. The molecule has 1 aromatic carbocycles. The Kier molecular flexibility index (Phi) is 5.84. The fourth-order valence-corrected chi connectivity index (χ4v) is 5.95. The highest BCUT2D eigenvalue weighted by Crippen LogP contribution is 2.21. The Balaban J connectivity index is 1.39. The van der Waals surface area contributed by atoms with E-state index in [0.29, 0.717) is 25.3 Å². The summed E-state index contributed by atoms with van der Waals surface area (Å²) in [6.45, 7) is 3.01. The first-order valence-corrected chi connectivity index (χ1v) is 11.2. The van der Waals surface area contributed by atoms with Crippen LogP contribution in [-0.4, -0.2) is 73.6 Å². The average molecular weight is 369 g/mol. The van der Waals surface area contributed by atoms with E-state index in [9.17, 15) is 13.2 Å². The summed E-state index contributed by atoms with van der Waals surface area (Å²) >= 11 is 1.71. The van der Waals surface area contributed by atoms with Gasteiger partial charge in [0.05, 0.1) is 11.5 Å². The van der Waals surface area contributed by atoms with Crippen LogP contribution in [0.5, 0.6) is 0 Å². The predicted octanol–water partition coefficient (Wildman–Crippen LogP) is 1.50. The van der Waals surface area contributed by atoms with Crippen LogP contribution in [0.3, 0.4) is 0 Å². The summed E-state index contributed by atoms with van der Waals surface area (Å²) < 4.78 is 23.2. The van der Waals surface area contributed by atoms with Gasteiger partial charge in [-0.1, -0.05) is 18.2 Å². The van der Waals surface area contributed by atoms with Gasteiger partial charge in [0.1, 0.15) is 0 Å². The second-order valence-corrected chi connectivity index (χ2v) is 9.78. The molecule has 5 nitrogen and oxygen atoms in total. The standard InChI is InChI=1S/C17H24N2O3S2/c20-17(6-12-23-16-4-2-1-3-5-16)19-10-8-18(9-11-19)15-7-13-24(21,22)14-15/h1-5,15H,6-14H2. The summed E-state index contributed by atoms with van der Waals surface area (Å²) in [5.74, 6) is 1.60. The van der Waals surface area contributed by atoms with Gasteiger partial charge in [-0.15, -0.1) is 11.8 Å². The van der Waals surface area contributed by atoms with E-state index in [1.165, 1.54) is 4.90 Å². The quantitative estimate of drug-likeness (QED) is 0.737. The lowest BCUT2D eigenvalue weighted by atomic mass is 10.2. The van der Waals surface area contributed by atoms with Gasteiger partial charge in [-0.25, -0.2) is 8.42 Å². The SMILES string of the molecule is O=C(CCSc1ccccc1)N1CCN(C2CCS(=O)(=O)C2)CC1. The Morgan fingerprint density at radius 1 is 1.12 bits per heavy atom. The predicted molar refractivity (Wildman–Crippen MR) is 97.0 cm³/mol. The van der Waals surface area contributed by atoms with Crippen molar-refractivity contribution in [3.8, 4) is 0 Å². The molecule has 2 aliphatic rings. The van der Waals surface area contributed by atoms with E-state index in [-0.39, 0.29) is 17.7 Å². The molecule has 0 saturated carbocycles. The second kappa shape index (κ2) is 7.89. The van der Waals surface area contributed by atoms with Gasteiger partial charge in [0.25, 0.3) is 0 Å². The molecule has 1 amide bonds. The smallest absolute Gasteiger partial charge is 0.223 e. The van der Waals surface area contributed by atoms with E-state index in [1.807, 2.05) is 23.1 Å². The molecule has 24 heavy (non-hydrogen) atoms. The molecule has 1 unspecified atom stereocenters. The third kappa shape index (κ3) is 4.74. The zero-order valence-electron chi connectivity index (χ0n) is 13.8. The Hall–Kier alpha value is -1.05. The normalized spacial score (nSPS) is 24.2. The van der Waals surface area contributed by atoms with Crippen molar-refractivity contribution < 1.29 is 13.2 Å². The maximum atomic E-state index is 12.3. The van der Waals surface area contributed by atoms with E-state index < -0.39 is 9.84 Å². The molecule has 3 rings (SSSR count). The van der Waals surface area contributed by atoms with Gasteiger partial charge in [0.15, 0.2) is 9.84 Å². The monoisotopic (exact) mass is 368 g/mol. The first-order valence-electron chi connectivity index (χ1n) is 8.44. The molecule has 2 fully saturated rings. The van der Waals surface area contributed by atoms with Crippen molar-refractivity contribution in [2.45, 2.75) is 23.8 Å². The molecule has 0 bridgehead atoms. The van der Waals surface area contributed by atoms with Crippen LogP contribution in [0.4, 0.5) is 0 Å². The minimum Gasteiger partial charge on any atom is -0.340 e. The summed E-state index contributed by atoms with van der Waals surface area (Å²) in [6.07, 6.45) is 1.29. The second-order valence-electron chi connectivity index (χ2n) is 6.39. The highest BCUT2D eigenvalue weighted by Gasteiger charge is 2.34. The van der Waals surface area contributed by atoms with Gasteiger partial charge in [0.2, 0.25) is 5.91 Å². The van der Waals surface area contributed by atoms with Crippen molar-refractivity contribution in [3.63, 3.8) is 0 Å². The molecule has 0 aromatic heterocycles. The zero-order chi connectivity index (χ0) is 17.0. The van der Waals surface area contributed by atoms with Crippen LogP contribution in [0.2, 0.25) is 0 Å². The highest BCUT2D eigenvalue weighted by molar-refractivity contribution is 7.99. The van der Waals surface area contributed by atoms with Crippen molar-refractivity contribution in [2.75, 3.05) is 43.4 Å². The third-order valence-corrected chi connectivity index (χ3v) is 7.48. The number of nitrogens with zero attached hydrogens (tertiary/aromatic N) is 2. The number of piperazine rings is 1. The summed E-state index contributed by atoms with van der Waals surface area (Å²) in [4.78, 5) is 17.7. The van der Waals surface area contributed by atoms with Crippen molar-refractivity contribution in [1.29, 1.82) is 0 Å². The number of benzene rings is 1. The van der Waals surface area contributed by atoms with E-state index in [0.717, 1.165) is 25.3 Å². The molecular weight excluding hydrogens is 344 g/mol. The Labute approximate surface area is 148 Å². The first-order chi connectivity index (χ1) is 11.5. The van der Waals surface area contributed by atoms with E-state index in [1.54, 1.807) is 11.8 Å². The number of hydrogen-bond donors (Lipinski definition) is 0. The summed E-state index contributed by atoms with van der Waals surface area (Å²) in [6, 6.07) is 10.3. The molecule has 1 atom stereocenters. The average Bonchev–Trinajstić information content (AvgIpc) is 2.96. The Morgan fingerprint density at radius 3 is 2.46 bits per heavy atom. The van der Waals surface area contributed by atoms with Gasteiger partial charge in [-0.2, -0.15) is 0 Å². The maximum Gasteiger partial charge on any atom is 0.223 e. The number of carbonyl (C=O) groups excluding carboxylic acids is 1. The van der Waals surface area contributed by atoms with Crippen molar-refractivity contribution in [3.05, 3.63) is 30.3 Å². The molecule has 1 aromatic rings. The largest absolute Gasteiger partial charge is 0.340 e. The van der Waals surface area contributed by atoms with Crippen LogP contribution in [0.25, 0.3) is 0 Å². The molecule has 2 saturated heterocycles. The fraction of sp³-hybridized carbons (Fsp3) is 0.588. The molecule has 7 heteroatoms. The Bertz CT molecular complexity index is 656. The number of amides is 1. The molecule has 0 aliphatic carbocycles. The van der Waals surface area contributed by atoms with Gasteiger partial charge < -0.3 is 4.90 Å². The van der Waals surface area contributed by atoms with Crippen molar-refractivity contribution in [1.82, 2.24) is 9.80 Å². The molecule has 2 aliphatic heterocycles. The van der Waals surface area contributed by atoms with Crippen LogP contribution in [-0.2, 0) is 14.6 Å². The molecule has 0 radical (unpaired) electrons. The van der Waals surface area contributed by atoms with Crippen molar-refractivity contribution >= 4 is 27.5 Å². The number of hydrogen-bond acceptors (Lipinski definition) is 5. The lowest BCUT2D eigenvalue weighted by Crippen LogP contribution is -2.52. The Morgan fingerprint density at radius 2 is 1.83 bits per heavy atom. The molecule has 132 valence electrons. The van der Waals surface area contributed by atoms with Gasteiger partial charge in [-0.3, -0.25) is 9.69 Å². The van der Waals surface area contributed by atoms with E-state index in [4.69, 9.17) is 0 Å². The number of rotatable bonds is 5. The molecule has 0 spiro atoms. The van der Waals surface area contributed by atoms with Crippen LogP contribution >= 0.6 is 11.8 Å². The highest BCUT2D eigenvalue weighted by atomic mass is 32.2. The maximum absolute atomic E-state index is 12.3. The number of thioether (sulfide) groups is 1. The van der Waals surface area contributed by atoms with Crippen molar-refractivity contribution in [2.24, 2.45) is 0 Å². The molecule has 2 heterocycles. The van der Waals surface area contributed by atoms with E-state index >= 15 is 0 Å². The summed E-state index contributed by atoms with van der Waals surface area (Å²) in [5.41, 5.74) is 0. The number of carbonyl (C=O) groups is 1. The lowest BCUT2D eigenvalue weighted by Gasteiger charge is -2.37. The third-order valence-electron chi connectivity index (χ3n) is 4.72. The molecular formula is C17H24N2O3S2. The minimum atomic E-state index is -2.84. The van der Waals surface area contributed by atoms with Crippen LogP contribution in [0.15, 0.2) is 35.2 Å². The van der Waals surface area contributed by atoms with Crippen LogP contribution < -0.4 is 0 Å².